The van der Waals surface area contributed by atoms with Crippen LogP contribution in [-0.2, 0) is 0 Å². The second-order valence-electron chi connectivity index (χ2n) is 2.82. The van der Waals surface area contributed by atoms with Crippen LogP contribution in [0.5, 0.6) is 0 Å². The number of hydrogen-bond donors (Lipinski definition) is 0. The third-order valence-corrected chi connectivity index (χ3v) is 2.02. The average Bonchev–Trinajstić information content (AvgIpc) is 2.47. The molecule has 0 spiro atoms. The summed E-state index contributed by atoms with van der Waals surface area (Å²) in [6.45, 7) is 3.88. The van der Waals surface area contributed by atoms with E-state index in [0.29, 0.717) is 5.56 Å². The van der Waals surface area contributed by atoms with E-state index in [1.54, 1.807) is 0 Å². The highest BCUT2D eigenvalue weighted by atomic mass is 16.1. The second-order valence-corrected chi connectivity index (χ2v) is 2.82. The van der Waals surface area contributed by atoms with E-state index in [-0.39, 0.29) is 0 Å². The normalized spacial score (nSPS) is 13.2. The van der Waals surface area contributed by atoms with Crippen LogP contribution in [0.25, 0.3) is 11.6 Å². The highest BCUT2D eigenvalue weighted by Crippen LogP contribution is 2.27. The Labute approximate surface area is 71.0 Å². The standard InChI is InChI=1S/C11H8O/c1-8-2-4-10-6-9(7-12)3-5-11(8)10/h2-7H,1H2. The van der Waals surface area contributed by atoms with Crippen LogP contribution < -0.4 is 0 Å². The molecule has 0 atom stereocenters. The molecule has 0 saturated heterocycles. The maximum absolute atomic E-state index is 10.4. The molecule has 1 nitrogen and oxygen atoms in total. The number of aldehydes is 1. The summed E-state index contributed by atoms with van der Waals surface area (Å²) >= 11 is 0. The van der Waals surface area contributed by atoms with Gasteiger partial charge in [-0.05, 0) is 22.8 Å². The molecule has 12 heavy (non-hydrogen) atoms. The maximum atomic E-state index is 10.4. The van der Waals surface area contributed by atoms with E-state index < -0.39 is 0 Å². The topological polar surface area (TPSA) is 17.1 Å². The first-order valence-corrected chi connectivity index (χ1v) is 3.78. The number of carbonyl (C=O) groups excluding carboxylic acids is 1. The van der Waals surface area contributed by atoms with Crippen molar-refractivity contribution < 1.29 is 4.79 Å². The van der Waals surface area contributed by atoms with Crippen LogP contribution >= 0.6 is 0 Å². The van der Waals surface area contributed by atoms with Gasteiger partial charge in [-0.1, -0.05) is 30.9 Å². The molecule has 0 fully saturated rings. The quantitative estimate of drug-likeness (QED) is 0.571. The number of allylic oxidation sites excluding steroid dienone is 2. The molecule has 1 aromatic carbocycles. The lowest BCUT2D eigenvalue weighted by molar-refractivity contribution is 0.112. The van der Waals surface area contributed by atoms with Gasteiger partial charge in [-0.25, -0.2) is 0 Å². The van der Waals surface area contributed by atoms with Gasteiger partial charge in [0.25, 0.3) is 0 Å². The Bertz CT molecular complexity index is 386. The van der Waals surface area contributed by atoms with Gasteiger partial charge in [-0.15, -0.1) is 0 Å². The number of carbonyl (C=O) groups is 1. The van der Waals surface area contributed by atoms with Crippen molar-refractivity contribution in [2.45, 2.75) is 0 Å². The van der Waals surface area contributed by atoms with Crippen LogP contribution in [0.1, 0.15) is 21.5 Å². The predicted molar refractivity (Wildman–Crippen MR) is 49.9 cm³/mol. The molecule has 0 amide bonds. The highest BCUT2D eigenvalue weighted by molar-refractivity contribution is 5.90. The lowest BCUT2D eigenvalue weighted by Crippen LogP contribution is -1.84. The molecule has 0 saturated carbocycles. The minimum Gasteiger partial charge on any atom is -0.298 e. The Balaban J connectivity index is 2.61. The predicted octanol–water partition coefficient (Wildman–Crippen LogP) is 2.54. The van der Waals surface area contributed by atoms with Crippen molar-refractivity contribution >= 4 is 17.9 Å². The molecular weight excluding hydrogens is 148 g/mol. The highest BCUT2D eigenvalue weighted by Gasteiger charge is 2.07. The van der Waals surface area contributed by atoms with Crippen LogP contribution in [0.2, 0.25) is 0 Å². The fraction of sp³-hybridized carbons (Fsp3) is 0. The summed E-state index contributed by atoms with van der Waals surface area (Å²) in [5.41, 5.74) is 3.95. The molecule has 0 N–H and O–H groups in total. The van der Waals surface area contributed by atoms with Crippen LogP contribution in [0.3, 0.4) is 0 Å². The molecular formula is C11H8O. The van der Waals surface area contributed by atoms with Gasteiger partial charge in [-0.2, -0.15) is 0 Å². The van der Waals surface area contributed by atoms with Crippen molar-refractivity contribution in [1.29, 1.82) is 0 Å². The molecule has 1 heteroatoms. The maximum Gasteiger partial charge on any atom is 0.150 e. The minimum atomic E-state index is 0.716. The Morgan fingerprint density at radius 3 is 2.83 bits per heavy atom. The van der Waals surface area contributed by atoms with E-state index in [2.05, 4.69) is 6.58 Å². The van der Waals surface area contributed by atoms with Crippen LogP contribution in [0.4, 0.5) is 0 Å². The first-order valence-electron chi connectivity index (χ1n) is 3.78. The molecule has 2 rings (SSSR count). The SMILES string of the molecule is C=C1C=Cc2cc(C=O)ccc21. The molecule has 0 bridgehead atoms. The second kappa shape index (κ2) is 2.45. The van der Waals surface area contributed by atoms with E-state index in [0.717, 1.165) is 23.0 Å². The van der Waals surface area contributed by atoms with Gasteiger partial charge >= 0.3 is 0 Å². The lowest BCUT2D eigenvalue weighted by Gasteiger charge is -1.99. The van der Waals surface area contributed by atoms with Gasteiger partial charge in [0.05, 0.1) is 0 Å². The third kappa shape index (κ3) is 0.909. The van der Waals surface area contributed by atoms with E-state index in [1.807, 2.05) is 30.4 Å². The summed E-state index contributed by atoms with van der Waals surface area (Å²) in [5, 5.41) is 0. The van der Waals surface area contributed by atoms with Crippen molar-refractivity contribution in [3.8, 4) is 0 Å². The van der Waals surface area contributed by atoms with Crippen molar-refractivity contribution in [2.24, 2.45) is 0 Å². The Morgan fingerprint density at radius 1 is 1.25 bits per heavy atom. The molecule has 0 heterocycles. The summed E-state index contributed by atoms with van der Waals surface area (Å²) in [5.74, 6) is 0. The van der Waals surface area contributed by atoms with Crippen molar-refractivity contribution in [3.05, 3.63) is 47.5 Å². The Hall–Kier alpha value is -1.63. The zero-order chi connectivity index (χ0) is 8.55. The smallest absolute Gasteiger partial charge is 0.150 e. The first kappa shape index (κ1) is 7.04. The van der Waals surface area contributed by atoms with Gasteiger partial charge in [0.1, 0.15) is 6.29 Å². The number of rotatable bonds is 1. The molecule has 58 valence electrons. The zero-order valence-corrected chi connectivity index (χ0v) is 6.58. The summed E-state index contributed by atoms with van der Waals surface area (Å²) in [6, 6.07) is 5.61. The minimum absolute atomic E-state index is 0.716. The average molecular weight is 156 g/mol. The van der Waals surface area contributed by atoms with Crippen LogP contribution in [-0.4, -0.2) is 6.29 Å². The van der Waals surface area contributed by atoms with Crippen LogP contribution in [0.15, 0.2) is 30.9 Å². The molecule has 0 unspecified atom stereocenters. The fourth-order valence-electron chi connectivity index (χ4n) is 1.36. The number of fused-ring (bicyclic) bond motifs is 1. The number of hydrogen-bond acceptors (Lipinski definition) is 1. The van der Waals surface area contributed by atoms with Crippen LogP contribution in [0, 0.1) is 0 Å². The fourth-order valence-corrected chi connectivity index (χ4v) is 1.36. The van der Waals surface area contributed by atoms with E-state index in [4.69, 9.17) is 0 Å². The molecule has 0 aliphatic heterocycles. The van der Waals surface area contributed by atoms with Gasteiger partial charge in [0, 0.05) is 5.56 Å². The Kier molecular flexibility index (Phi) is 1.44. The van der Waals surface area contributed by atoms with Crippen molar-refractivity contribution in [1.82, 2.24) is 0 Å². The molecule has 1 aliphatic carbocycles. The molecule has 0 aromatic heterocycles. The zero-order valence-electron chi connectivity index (χ0n) is 6.58. The van der Waals surface area contributed by atoms with Gasteiger partial charge in [-0.3, -0.25) is 4.79 Å². The summed E-state index contributed by atoms with van der Waals surface area (Å²) in [7, 11) is 0. The van der Waals surface area contributed by atoms with E-state index >= 15 is 0 Å². The van der Waals surface area contributed by atoms with Crippen molar-refractivity contribution in [2.75, 3.05) is 0 Å². The van der Waals surface area contributed by atoms with Crippen molar-refractivity contribution in [3.63, 3.8) is 0 Å². The monoisotopic (exact) mass is 156 g/mol. The first-order chi connectivity index (χ1) is 5.81. The molecule has 1 aliphatic rings. The van der Waals surface area contributed by atoms with E-state index in [9.17, 15) is 4.79 Å². The van der Waals surface area contributed by atoms with Gasteiger partial charge in [0.2, 0.25) is 0 Å². The summed E-state index contributed by atoms with van der Waals surface area (Å²) < 4.78 is 0. The van der Waals surface area contributed by atoms with Gasteiger partial charge in [0.15, 0.2) is 0 Å². The van der Waals surface area contributed by atoms with E-state index in [1.165, 1.54) is 0 Å². The van der Waals surface area contributed by atoms with Gasteiger partial charge < -0.3 is 0 Å². The largest absolute Gasteiger partial charge is 0.298 e. The Morgan fingerprint density at radius 2 is 2.08 bits per heavy atom. The lowest BCUT2D eigenvalue weighted by atomic mass is 10.1. The number of benzene rings is 1. The summed E-state index contributed by atoms with van der Waals surface area (Å²) in [6.07, 6.45) is 4.79. The third-order valence-electron chi connectivity index (χ3n) is 2.02. The summed E-state index contributed by atoms with van der Waals surface area (Å²) in [4.78, 5) is 10.4. The molecule has 1 aromatic rings. The molecule has 0 radical (unpaired) electrons.